The Balaban J connectivity index is 2.16. The van der Waals surface area contributed by atoms with E-state index >= 15 is 0 Å². The SMILES string of the molecule is Cc1c(N2CCCC(C)C2)nn2c(C(F)(F)F)nnc2c1C. The van der Waals surface area contributed by atoms with Crippen molar-refractivity contribution in [3.63, 3.8) is 0 Å². The van der Waals surface area contributed by atoms with Crippen molar-refractivity contribution in [2.24, 2.45) is 5.92 Å². The highest BCUT2D eigenvalue weighted by Crippen LogP contribution is 2.31. The fraction of sp³-hybridized carbons (Fsp3) is 0.643. The van der Waals surface area contributed by atoms with Crippen LogP contribution in [0.5, 0.6) is 0 Å². The van der Waals surface area contributed by atoms with Crippen LogP contribution in [0.1, 0.15) is 36.7 Å². The zero-order valence-electron chi connectivity index (χ0n) is 12.8. The van der Waals surface area contributed by atoms with Crippen LogP contribution in [0.3, 0.4) is 0 Å². The molecule has 120 valence electrons. The van der Waals surface area contributed by atoms with Crippen LogP contribution in [0.2, 0.25) is 0 Å². The highest BCUT2D eigenvalue weighted by atomic mass is 19.4. The van der Waals surface area contributed by atoms with Crippen LogP contribution in [0.25, 0.3) is 5.65 Å². The van der Waals surface area contributed by atoms with Crippen LogP contribution in [-0.4, -0.2) is 32.9 Å². The predicted octanol–water partition coefficient (Wildman–Crippen LogP) is 3.00. The van der Waals surface area contributed by atoms with Crippen LogP contribution in [-0.2, 0) is 6.18 Å². The topological polar surface area (TPSA) is 46.3 Å². The molecule has 0 N–H and O–H groups in total. The zero-order valence-corrected chi connectivity index (χ0v) is 12.8. The number of hydrogen-bond acceptors (Lipinski definition) is 4. The molecule has 2 aromatic rings. The number of aryl methyl sites for hydroxylation is 1. The molecular formula is C14H18F3N5. The lowest BCUT2D eigenvalue weighted by molar-refractivity contribution is -0.146. The normalized spacial score (nSPS) is 19.9. The maximum atomic E-state index is 13.0. The van der Waals surface area contributed by atoms with Crippen LogP contribution in [0.4, 0.5) is 19.0 Å². The van der Waals surface area contributed by atoms with Crippen LogP contribution >= 0.6 is 0 Å². The summed E-state index contributed by atoms with van der Waals surface area (Å²) in [6, 6.07) is 0. The van der Waals surface area contributed by atoms with Crippen LogP contribution < -0.4 is 4.90 Å². The summed E-state index contributed by atoms with van der Waals surface area (Å²) in [6.07, 6.45) is -2.41. The Morgan fingerprint density at radius 2 is 1.86 bits per heavy atom. The van der Waals surface area contributed by atoms with E-state index in [-0.39, 0.29) is 5.65 Å². The molecule has 1 atom stereocenters. The predicted molar refractivity (Wildman–Crippen MR) is 75.9 cm³/mol. The van der Waals surface area contributed by atoms with Crippen molar-refractivity contribution in [1.29, 1.82) is 0 Å². The number of anilines is 1. The maximum absolute atomic E-state index is 13.0. The van der Waals surface area contributed by atoms with E-state index in [0.29, 0.717) is 17.3 Å². The quantitative estimate of drug-likeness (QED) is 0.812. The van der Waals surface area contributed by atoms with Gasteiger partial charge in [0.2, 0.25) is 0 Å². The number of nitrogens with zero attached hydrogens (tertiary/aromatic N) is 5. The lowest BCUT2D eigenvalue weighted by Crippen LogP contribution is -2.36. The second-order valence-corrected chi connectivity index (χ2v) is 6.02. The van der Waals surface area contributed by atoms with Gasteiger partial charge in [0.15, 0.2) is 11.5 Å². The summed E-state index contributed by atoms with van der Waals surface area (Å²) in [6.45, 7) is 7.40. The minimum atomic E-state index is -4.57. The Hall–Kier alpha value is -1.86. The molecule has 1 saturated heterocycles. The van der Waals surface area contributed by atoms with Crippen molar-refractivity contribution in [2.75, 3.05) is 18.0 Å². The summed E-state index contributed by atoms with van der Waals surface area (Å²) in [7, 11) is 0. The van der Waals surface area contributed by atoms with Gasteiger partial charge in [0.25, 0.3) is 5.82 Å². The van der Waals surface area contributed by atoms with E-state index in [9.17, 15) is 13.2 Å². The molecule has 1 aliphatic heterocycles. The second kappa shape index (κ2) is 5.10. The van der Waals surface area contributed by atoms with Crippen molar-refractivity contribution in [1.82, 2.24) is 19.8 Å². The van der Waals surface area contributed by atoms with E-state index in [4.69, 9.17) is 0 Å². The molecule has 1 aliphatic rings. The van der Waals surface area contributed by atoms with Gasteiger partial charge >= 0.3 is 6.18 Å². The van der Waals surface area contributed by atoms with Crippen molar-refractivity contribution >= 4 is 11.5 Å². The molecule has 1 unspecified atom stereocenters. The third-order valence-electron chi connectivity index (χ3n) is 4.28. The van der Waals surface area contributed by atoms with E-state index in [0.717, 1.165) is 36.0 Å². The number of piperidine rings is 1. The Morgan fingerprint density at radius 1 is 1.14 bits per heavy atom. The Kier molecular flexibility index (Phi) is 3.49. The fourth-order valence-electron chi connectivity index (χ4n) is 2.97. The van der Waals surface area contributed by atoms with Crippen molar-refractivity contribution in [3.05, 3.63) is 17.0 Å². The van der Waals surface area contributed by atoms with E-state index in [1.54, 1.807) is 6.92 Å². The average Bonchev–Trinajstić information content (AvgIpc) is 2.86. The molecule has 3 rings (SSSR count). The summed E-state index contributed by atoms with van der Waals surface area (Å²) in [5, 5.41) is 11.2. The minimum Gasteiger partial charge on any atom is -0.355 e. The molecule has 0 saturated carbocycles. The number of hydrogen-bond donors (Lipinski definition) is 0. The first-order valence-corrected chi connectivity index (χ1v) is 7.33. The third-order valence-corrected chi connectivity index (χ3v) is 4.28. The van der Waals surface area contributed by atoms with Gasteiger partial charge in [0, 0.05) is 24.2 Å². The molecule has 0 amide bonds. The van der Waals surface area contributed by atoms with Gasteiger partial charge in [0.1, 0.15) is 0 Å². The average molecular weight is 313 g/mol. The van der Waals surface area contributed by atoms with Crippen molar-refractivity contribution in [2.45, 2.75) is 39.8 Å². The molecule has 2 aromatic heterocycles. The first-order valence-electron chi connectivity index (χ1n) is 7.33. The molecule has 1 fully saturated rings. The van der Waals surface area contributed by atoms with E-state index < -0.39 is 12.0 Å². The molecule has 22 heavy (non-hydrogen) atoms. The Bertz CT molecular complexity index is 707. The molecule has 5 nitrogen and oxygen atoms in total. The van der Waals surface area contributed by atoms with Gasteiger partial charge in [-0.1, -0.05) is 6.92 Å². The number of fused-ring (bicyclic) bond motifs is 1. The van der Waals surface area contributed by atoms with Gasteiger partial charge in [-0.25, -0.2) is 0 Å². The molecule has 0 bridgehead atoms. The van der Waals surface area contributed by atoms with Crippen molar-refractivity contribution in [3.8, 4) is 0 Å². The number of halogens is 3. The summed E-state index contributed by atoms with van der Waals surface area (Å²) in [5.74, 6) is 0.0349. The summed E-state index contributed by atoms with van der Waals surface area (Å²) in [5.41, 5.74) is 1.72. The smallest absolute Gasteiger partial charge is 0.355 e. The van der Waals surface area contributed by atoms with E-state index in [2.05, 4.69) is 27.1 Å². The van der Waals surface area contributed by atoms with Gasteiger partial charge < -0.3 is 4.90 Å². The zero-order chi connectivity index (χ0) is 16.1. The van der Waals surface area contributed by atoms with Gasteiger partial charge in [-0.05, 0) is 32.6 Å². The molecule has 3 heterocycles. The van der Waals surface area contributed by atoms with Gasteiger partial charge in [-0.2, -0.15) is 17.7 Å². The molecule has 0 spiro atoms. The van der Waals surface area contributed by atoms with Gasteiger partial charge in [0.05, 0.1) is 0 Å². The van der Waals surface area contributed by atoms with Gasteiger partial charge in [-0.3, -0.25) is 0 Å². The molecule has 0 aromatic carbocycles. The highest BCUT2D eigenvalue weighted by molar-refractivity contribution is 5.59. The maximum Gasteiger partial charge on any atom is 0.453 e. The molecule has 0 aliphatic carbocycles. The molecule has 0 radical (unpaired) electrons. The summed E-state index contributed by atoms with van der Waals surface area (Å²) < 4.78 is 40.0. The minimum absolute atomic E-state index is 0.165. The van der Waals surface area contributed by atoms with Crippen LogP contribution in [0.15, 0.2) is 0 Å². The molecule has 8 heteroatoms. The lowest BCUT2D eigenvalue weighted by Gasteiger charge is -2.33. The monoisotopic (exact) mass is 313 g/mol. The Labute approximate surface area is 126 Å². The molecular weight excluding hydrogens is 295 g/mol. The second-order valence-electron chi connectivity index (χ2n) is 6.02. The first-order chi connectivity index (χ1) is 10.3. The standard InChI is InChI=1S/C14H18F3N5/c1-8-5-4-6-21(7-8)12-10(3)9(2)11-18-19-13(14(15,16)17)22(11)20-12/h8H,4-7H2,1-3H3. The van der Waals surface area contributed by atoms with Crippen LogP contribution in [0, 0.1) is 19.8 Å². The summed E-state index contributed by atoms with van der Waals surface area (Å²) >= 11 is 0. The number of aromatic nitrogens is 4. The summed E-state index contributed by atoms with van der Waals surface area (Å²) in [4.78, 5) is 2.07. The lowest BCUT2D eigenvalue weighted by atomic mass is 10.00. The number of alkyl halides is 3. The largest absolute Gasteiger partial charge is 0.453 e. The first kappa shape index (κ1) is 15.1. The van der Waals surface area contributed by atoms with E-state index in [1.165, 1.54) is 0 Å². The third kappa shape index (κ3) is 2.40. The Morgan fingerprint density at radius 3 is 2.50 bits per heavy atom. The van der Waals surface area contributed by atoms with E-state index in [1.807, 2.05) is 6.92 Å². The van der Waals surface area contributed by atoms with Crippen molar-refractivity contribution < 1.29 is 13.2 Å². The fourth-order valence-corrected chi connectivity index (χ4v) is 2.97. The number of rotatable bonds is 1. The van der Waals surface area contributed by atoms with Gasteiger partial charge in [-0.15, -0.1) is 15.3 Å². The highest BCUT2D eigenvalue weighted by Gasteiger charge is 2.38.